The third-order valence-electron chi connectivity index (χ3n) is 4.67. The van der Waals surface area contributed by atoms with E-state index in [2.05, 4.69) is 0 Å². The van der Waals surface area contributed by atoms with E-state index in [1.165, 1.54) is 19.2 Å². The second kappa shape index (κ2) is 8.17. The van der Waals surface area contributed by atoms with Gasteiger partial charge in [0.2, 0.25) is 5.91 Å². The molecule has 6 heteroatoms. The maximum atomic E-state index is 13.9. The monoisotopic (exact) mass is 360 g/mol. The summed E-state index contributed by atoms with van der Waals surface area (Å²) < 4.78 is 32.5. The maximum absolute atomic E-state index is 13.9. The highest BCUT2D eigenvalue weighted by Gasteiger charge is 2.22. The summed E-state index contributed by atoms with van der Waals surface area (Å²) >= 11 is 0. The Bertz CT molecular complexity index is 774. The molecule has 0 bridgehead atoms. The van der Waals surface area contributed by atoms with E-state index in [1.807, 2.05) is 11.0 Å². The SMILES string of the molecule is COc1ccc(CCC(=O)N2CCN(c3ccccc3F)CC2)cc1F. The van der Waals surface area contributed by atoms with Gasteiger partial charge in [0, 0.05) is 32.6 Å². The molecule has 0 atom stereocenters. The predicted octanol–water partition coefficient (Wildman–Crippen LogP) is 3.25. The van der Waals surface area contributed by atoms with Gasteiger partial charge in [-0.3, -0.25) is 4.79 Å². The number of nitrogens with zero attached hydrogens (tertiary/aromatic N) is 2. The number of para-hydroxylation sites is 1. The summed E-state index contributed by atoms with van der Waals surface area (Å²) in [5, 5.41) is 0. The smallest absolute Gasteiger partial charge is 0.223 e. The first kappa shape index (κ1) is 18.2. The molecule has 1 saturated heterocycles. The summed E-state index contributed by atoms with van der Waals surface area (Å²) in [6, 6.07) is 11.4. The van der Waals surface area contributed by atoms with Crippen molar-refractivity contribution in [3.05, 3.63) is 59.7 Å². The highest BCUT2D eigenvalue weighted by molar-refractivity contribution is 5.76. The third-order valence-corrected chi connectivity index (χ3v) is 4.67. The molecule has 0 aromatic heterocycles. The molecule has 0 aliphatic carbocycles. The number of rotatable bonds is 5. The number of hydrogen-bond acceptors (Lipinski definition) is 3. The van der Waals surface area contributed by atoms with Gasteiger partial charge >= 0.3 is 0 Å². The molecule has 0 unspecified atom stereocenters. The van der Waals surface area contributed by atoms with Gasteiger partial charge in [0.1, 0.15) is 5.82 Å². The van der Waals surface area contributed by atoms with E-state index in [-0.39, 0.29) is 17.5 Å². The Morgan fingerprint density at radius 1 is 1.04 bits per heavy atom. The van der Waals surface area contributed by atoms with Gasteiger partial charge in [0.05, 0.1) is 12.8 Å². The fraction of sp³-hybridized carbons (Fsp3) is 0.350. The van der Waals surface area contributed by atoms with Crippen LogP contribution in [0, 0.1) is 11.6 Å². The number of ether oxygens (including phenoxy) is 1. The highest BCUT2D eigenvalue weighted by Crippen LogP contribution is 2.21. The number of methoxy groups -OCH3 is 1. The average Bonchev–Trinajstić information content (AvgIpc) is 2.67. The van der Waals surface area contributed by atoms with Crippen molar-refractivity contribution in [3.8, 4) is 5.75 Å². The van der Waals surface area contributed by atoms with Gasteiger partial charge in [0.25, 0.3) is 0 Å². The molecule has 0 spiro atoms. The molecule has 4 nitrogen and oxygen atoms in total. The van der Waals surface area contributed by atoms with Crippen LogP contribution in [0.25, 0.3) is 0 Å². The molecule has 2 aromatic rings. The number of amides is 1. The Balaban J connectivity index is 1.51. The molecular weight excluding hydrogens is 338 g/mol. The van der Waals surface area contributed by atoms with E-state index in [4.69, 9.17) is 4.74 Å². The first-order valence-corrected chi connectivity index (χ1v) is 8.68. The molecule has 0 radical (unpaired) electrons. The van der Waals surface area contributed by atoms with Crippen LogP contribution in [0.4, 0.5) is 14.5 Å². The van der Waals surface area contributed by atoms with E-state index < -0.39 is 5.82 Å². The van der Waals surface area contributed by atoms with Gasteiger partial charge in [-0.25, -0.2) is 8.78 Å². The lowest BCUT2D eigenvalue weighted by Gasteiger charge is -2.36. The summed E-state index contributed by atoms with van der Waals surface area (Å²) in [6.45, 7) is 2.32. The summed E-state index contributed by atoms with van der Waals surface area (Å²) in [4.78, 5) is 16.1. The van der Waals surface area contributed by atoms with Crippen molar-refractivity contribution >= 4 is 11.6 Å². The van der Waals surface area contributed by atoms with Gasteiger partial charge in [-0.15, -0.1) is 0 Å². The second-order valence-corrected chi connectivity index (χ2v) is 6.29. The van der Waals surface area contributed by atoms with Crippen LogP contribution < -0.4 is 9.64 Å². The Hall–Kier alpha value is -2.63. The Morgan fingerprint density at radius 3 is 2.42 bits per heavy atom. The third kappa shape index (κ3) is 4.12. The molecular formula is C20H22F2N2O2. The minimum atomic E-state index is -0.420. The number of halogens is 2. The van der Waals surface area contributed by atoms with E-state index in [9.17, 15) is 13.6 Å². The predicted molar refractivity (Wildman–Crippen MR) is 96.5 cm³/mol. The van der Waals surface area contributed by atoms with Crippen LogP contribution in [0.1, 0.15) is 12.0 Å². The molecule has 138 valence electrons. The number of carbonyl (C=O) groups is 1. The van der Waals surface area contributed by atoms with Crippen molar-refractivity contribution in [2.24, 2.45) is 0 Å². The normalized spacial score (nSPS) is 14.4. The van der Waals surface area contributed by atoms with Gasteiger partial charge in [0.15, 0.2) is 11.6 Å². The fourth-order valence-corrected chi connectivity index (χ4v) is 3.18. The zero-order valence-electron chi connectivity index (χ0n) is 14.8. The molecule has 26 heavy (non-hydrogen) atoms. The van der Waals surface area contributed by atoms with Crippen molar-refractivity contribution in [1.82, 2.24) is 4.90 Å². The molecule has 3 rings (SSSR count). The maximum Gasteiger partial charge on any atom is 0.223 e. The number of aryl methyl sites for hydroxylation is 1. The average molecular weight is 360 g/mol. The largest absolute Gasteiger partial charge is 0.494 e. The van der Waals surface area contributed by atoms with Crippen molar-refractivity contribution < 1.29 is 18.3 Å². The molecule has 1 aliphatic rings. The Labute approximate surface area is 152 Å². The molecule has 1 heterocycles. The van der Waals surface area contributed by atoms with E-state index in [1.54, 1.807) is 29.2 Å². The molecule has 0 saturated carbocycles. The molecule has 1 aliphatic heterocycles. The van der Waals surface area contributed by atoms with Crippen LogP contribution in [0.5, 0.6) is 5.75 Å². The van der Waals surface area contributed by atoms with E-state index in [0.29, 0.717) is 44.7 Å². The number of anilines is 1. The minimum Gasteiger partial charge on any atom is -0.494 e. The first-order valence-electron chi connectivity index (χ1n) is 8.68. The Kier molecular flexibility index (Phi) is 5.71. The summed E-state index contributed by atoms with van der Waals surface area (Å²) in [6.07, 6.45) is 0.804. The van der Waals surface area contributed by atoms with Crippen LogP contribution >= 0.6 is 0 Å². The van der Waals surface area contributed by atoms with Crippen molar-refractivity contribution in [2.45, 2.75) is 12.8 Å². The Morgan fingerprint density at radius 2 is 1.77 bits per heavy atom. The zero-order chi connectivity index (χ0) is 18.5. The molecule has 0 N–H and O–H groups in total. The summed E-state index contributed by atoms with van der Waals surface area (Å²) in [7, 11) is 1.42. The van der Waals surface area contributed by atoms with Crippen LogP contribution in [-0.4, -0.2) is 44.1 Å². The van der Waals surface area contributed by atoms with Gasteiger partial charge in [-0.2, -0.15) is 0 Å². The minimum absolute atomic E-state index is 0.0365. The van der Waals surface area contributed by atoms with Gasteiger partial charge < -0.3 is 14.5 Å². The lowest BCUT2D eigenvalue weighted by molar-refractivity contribution is -0.131. The second-order valence-electron chi connectivity index (χ2n) is 6.29. The molecule has 2 aromatic carbocycles. The van der Waals surface area contributed by atoms with E-state index >= 15 is 0 Å². The van der Waals surface area contributed by atoms with Crippen LogP contribution in [0.3, 0.4) is 0 Å². The van der Waals surface area contributed by atoms with Crippen molar-refractivity contribution in [2.75, 3.05) is 38.2 Å². The summed E-state index contributed by atoms with van der Waals surface area (Å²) in [5.41, 5.74) is 1.34. The standard InChI is InChI=1S/C20H22F2N2O2/c1-26-19-8-6-15(14-17(19)22)7-9-20(25)24-12-10-23(11-13-24)18-5-3-2-4-16(18)21/h2-6,8,14H,7,9-13H2,1H3. The van der Waals surface area contributed by atoms with Crippen molar-refractivity contribution in [3.63, 3.8) is 0 Å². The van der Waals surface area contributed by atoms with E-state index in [0.717, 1.165) is 5.56 Å². The fourth-order valence-electron chi connectivity index (χ4n) is 3.18. The van der Waals surface area contributed by atoms with Crippen LogP contribution in [0.2, 0.25) is 0 Å². The van der Waals surface area contributed by atoms with Crippen LogP contribution in [0.15, 0.2) is 42.5 Å². The summed E-state index contributed by atoms with van der Waals surface area (Å²) in [5.74, 6) is -0.427. The number of carbonyl (C=O) groups excluding carboxylic acids is 1. The molecule has 1 fully saturated rings. The number of piperazine rings is 1. The number of benzene rings is 2. The highest BCUT2D eigenvalue weighted by atomic mass is 19.1. The van der Waals surface area contributed by atoms with Crippen LogP contribution in [-0.2, 0) is 11.2 Å². The van der Waals surface area contributed by atoms with Crippen molar-refractivity contribution in [1.29, 1.82) is 0 Å². The first-order chi connectivity index (χ1) is 12.6. The van der Waals surface area contributed by atoms with Gasteiger partial charge in [-0.05, 0) is 36.2 Å². The van der Waals surface area contributed by atoms with Gasteiger partial charge in [-0.1, -0.05) is 18.2 Å². The lowest BCUT2D eigenvalue weighted by Crippen LogP contribution is -2.49. The topological polar surface area (TPSA) is 32.8 Å². The zero-order valence-corrected chi connectivity index (χ0v) is 14.8. The number of hydrogen-bond donors (Lipinski definition) is 0. The lowest BCUT2D eigenvalue weighted by atomic mass is 10.1. The quantitative estimate of drug-likeness (QED) is 0.821. The molecule has 1 amide bonds.